The Hall–Kier alpha value is -0.410. The third-order valence-electron chi connectivity index (χ3n) is 0.595. The Balaban J connectivity index is 2.69. The van der Waals surface area contributed by atoms with E-state index >= 15 is 0 Å². The zero-order valence-corrected chi connectivity index (χ0v) is 4.26. The second-order valence-electron chi connectivity index (χ2n) is 1.20. The molecule has 1 atom stereocenters. The molecule has 38 valence electrons. The SMILES string of the molecule is NC1C=C(Cl)N=N1. The van der Waals surface area contributed by atoms with Crippen molar-refractivity contribution in [1.82, 2.24) is 0 Å². The van der Waals surface area contributed by atoms with Crippen molar-refractivity contribution in [1.29, 1.82) is 0 Å². The van der Waals surface area contributed by atoms with E-state index in [2.05, 4.69) is 10.2 Å². The largest absolute Gasteiger partial charge is 0.305 e. The molecule has 0 fully saturated rings. The Labute approximate surface area is 45.9 Å². The maximum atomic E-state index is 5.33. The summed E-state index contributed by atoms with van der Waals surface area (Å²) in [4.78, 5) is 0. The average molecular weight is 118 g/mol. The Kier molecular flexibility index (Phi) is 1.08. The van der Waals surface area contributed by atoms with Gasteiger partial charge >= 0.3 is 0 Å². The fraction of sp³-hybridized carbons (Fsp3) is 0.333. The Morgan fingerprint density at radius 2 is 2.57 bits per heavy atom. The summed E-state index contributed by atoms with van der Waals surface area (Å²) in [5.41, 5.74) is 5.20. The second kappa shape index (κ2) is 1.60. The van der Waals surface area contributed by atoms with Gasteiger partial charge in [-0.15, -0.1) is 5.11 Å². The minimum absolute atomic E-state index is 0.313. The van der Waals surface area contributed by atoms with Crippen LogP contribution in [0.3, 0.4) is 0 Å². The molecule has 1 aliphatic heterocycles. The first-order valence-corrected chi connectivity index (χ1v) is 2.20. The maximum absolute atomic E-state index is 5.33. The summed E-state index contributed by atoms with van der Waals surface area (Å²) in [6.45, 7) is 0. The standard InChI is InChI=1S/C3H4ClN3/c4-2-1-3(5)7-6-2/h1,3H,5H2. The highest BCUT2D eigenvalue weighted by Gasteiger charge is 2.02. The van der Waals surface area contributed by atoms with Gasteiger partial charge in [-0.05, 0) is 6.08 Å². The van der Waals surface area contributed by atoms with Crippen LogP contribution in [0.4, 0.5) is 0 Å². The molecule has 3 nitrogen and oxygen atoms in total. The molecule has 7 heavy (non-hydrogen) atoms. The first-order chi connectivity index (χ1) is 3.29. The molecule has 0 amide bonds. The van der Waals surface area contributed by atoms with Crippen LogP contribution in [0.15, 0.2) is 21.5 Å². The third-order valence-corrected chi connectivity index (χ3v) is 0.796. The lowest BCUT2D eigenvalue weighted by atomic mass is 10.5. The van der Waals surface area contributed by atoms with Crippen molar-refractivity contribution in [2.45, 2.75) is 6.17 Å². The van der Waals surface area contributed by atoms with E-state index in [1.54, 1.807) is 6.08 Å². The first kappa shape index (κ1) is 4.74. The zero-order valence-electron chi connectivity index (χ0n) is 3.50. The number of hydrogen-bond donors (Lipinski definition) is 1. The lowest BCUT2D eigenvalue weighted by Gasteiger charge is -1.82. The van der Waals surface area contributed by atoms with Crippen LogP contribution in [0, 0.1) is 0 Å². The predicted molar refractivity (Wildman–Crippen MR) is 26.8 cm³/mol. The van der Waals surface area contributed by atoms with Crippen LogP contribution >= 0.6 is 11.6 Å². The minimum Gasteiger partial charge on any atom is -0.305 e. The van der Waals surface area contributed by atoms with Crippen LogP contribution in [-0.2, 0) is 0 Å². The second-order valence-corrected chi connectivity index (χ2v) is 1.58. The van der Waals surface area contributed by atoms with Gasteiger partial charge in [-0.3, -0.25) is 0 Å². The summed E-state index contributed by atoms with van der Waals surface area (Å²) in [5.74, 6) is 0. The molecule has 1 rings (SSSR count). The van der Waals surface area contributed by atoms with E-state index in [9.17, 15) is 0 Å². The lowest BCUT2D eigenvalue weighted by molar-refractivity contribution is 0.850. The summed E-state index contributed by atoms with van der Waals surface area (Å²) >= 11 is 5.33. The maximum Gasteiger partial charge on any atom is 0.150 e. The van der Waals surface area contributed by atoms with Gasteiger partial charge in [0, 0.05) is 0 Å². The highest BCUT2D eigenvalue weighted by molar-refractivity contribution is 6.29. The van der Waals surface area contributed by atoms with Gasteiger partial charge in [0.15, 0.2) is 5.16 Å². The van der Waals surface area contributed by atoms with Crippen molar-refractivity contribution in [3.05, 3.63) is 11.2 Å². The highest BCUT2D eigenvalue weighted by Crippen LogP contribution is 2.11. The summed E-state index contributed by atoms with van der Waals surface area (Å²) < 4.78 is 0. The van der Waals surface area contributed by atoms with E-state index in [0.717, 1.165) is 0 Å². The predicted octanol–water partition coefficient (Wildman–Crippen LogP) is 0.817. The Morgan fingerprint density at radius 1 is 1.86 bits per heavy atom. The van der Waals surface area contributed by atoms with Gasteiger partial charge < -0.3 is 5.73 Å². The van der Waals surface area contributed by atoms with Crippen molar-refractivity contribution in [3.8, 4) is 0 Å². The number of nitrogens with zero attached hydrogens (tertiary/aromatic N) is 2. The van der Waals surface area contributed by atoms with Gasteiger partial charge in [0.1, 0.15) is 6.17 Å². The molecule has 0 aromatic carbocycles. The quantitative estimate of drug-likeness (QED) is 0.469. The summed E-state index contributed by atoms with van der Waals surface area (Å²) in [7, 11) is 0. The van der Waals surface area contributed by atoms with Crippen molar-refractivity contribution in [2.24, 2.45) is 16.0 Å². The van der Waals surface area contributed by atoms with Crippen molar-refractivity contribution < 1.29 is 0 Å². The van der Waals surface area contributed by atoms with Crippen molar-refractivity contribution in [3.63, 3.8) is 0 Å². The van der Waals surface area contributed by atoms with Gasteiger partial charge in [0.25, 0.3) is 0 Å². The normalized spacial score (nSPS) is 28.3. The summed E-state index contributed by atoms with van der Waals surface area (Å²) in [6, 6.07) is 0. The van der Waals surface area contributed by atoms with E-state index in [4.69, 9.17) is 17.3 Å². The molecule has 0 radical (unpaired) electrons. The van der Waals surface area contributed by atoms with Gasteiger partial charge in [-0.1, -0.05) is 11.6 Å². The van der Waals surface area contributed by atoms with Crippen LogP contribution in [-0.4, -0.2) is 6.17 Å². The van der Waals surface area contributed by atoms with E-state index in [0.29, 0.717) is 5.16 Å². The molecule has 0 spiro atoms. The molecule has 0 aliphatic carbocycles. The highest BCUT2D eigenvalue weighted by atomic mass is 35.5. The number of hydrogen-bond acceptors (Lipinski definition) is 3. The van der Waals surface area contributed by atoms with Crippen LogP contribution in [0.25, 0.3) is 0 Å². The number of halogens is 1. The fourth-order valence-corrected chi connectivity index (χ4v) is 0.502. The Bertz CT molecular complexity index is 128. The number of rotatable bonds is 0. The topological polar surface area (TPSA) is 50.7 Å². The van der Waals surface area contributed by atoms with Gasteiger partial charge in [-0.2, -0.15) is 5.11 Å². The van der Waals surface area contributed by atoms with Gasteiger partial charge in [0.2, 0.25) is 0 Å². The van der Waals surface area contributed by atoms with Crippen LogP contribution < -0.4 is 5.73 Å². The molecule has 0 saturated heterocycles. The van der Waals surface area contributed by atoms with E-state index in [-0.39, 0.29) is 6.17 Å². The molecule has 1 unspecified atom stereocenters. The molecular weight excluding hydrogens is 114 g/mol. The van der Waals surface area contributed by atoms with E-state index in [1.807, 2.05) is 0 Å². The lowest BCUT2D eigenvalue weighted by Crippen LogP contribution is -2.09. The third kappa shape index (κ3) is 0.976. The number of nitrogens with two attached hydrogens (primary N) is 1. The average Bonchev–Trinajstić information content (AvgIpc) is 1.87. The molecule has 0 bridgehead atoms. The molecule has 1 aliphatic rings. The molecule has 1 heterocycles. The van der Waals surface area contributed by atoms with Gasteiger partial charge in [-0.25, -0.2) is 0 Å². The summed E-state index contributed by atoms with van der Waals surface area (Å²) in [5, 5.41) is 7.32. The molecule has 0 saturated carbocycles. The molecule has 0 aromatic heterocycles. The summed E-state index contributed by atoms with van der Waals surface area (Å²) in [6.07, 6.45) is 1.26. The van der Waals surface area contributed by atoms with Crippen molar-refractivity contribution in [2.75, 3.05) is 0 Å². The van der Waals surface area contributed by atoms with Crippen LogP contribution in [0.5, 0.6) is 0 Å². The smallest absolute Gasteiger partial charge is 0.150 e. The molecular formula is C3H4ClN3. The van der Waals surface area contributed by atoms with Crippen LogP contribution in [0.1, 0.15) is 0 Å². The monoisotopic (exact) mass is 117 g/mol. The van der Waals surface area contributed by atoms with Crippen LogP contribution in [0.2, 0.25) is 0 Å². The minimum atomic E-state index is -0.313. The molecule has 2 N–H and O–H groups in total. The Morgan fingerprint density at radius 3 is 2.71 bits per heavy atom. The zero-order chi connectivity index (χ0) is 5.28. The number of azo groups is 1. The molecule has 4 heteroatoms. The molecule has 0 aromatic rings. The van der Waals surface area contributed by atoms with E-state index in [1.165, 1.54) is 0 Å². The fourth-order valence-electron chi connectivity index (χ4n) is 0.329. The van der Waals surface area contributed by atoms with Crippen molar-refractivity contribution >= 4 is 11.6 Å². The van der Waals surface area contributed by atoms with E-state index < -0.39 is 0 Å². The first-order valence-electron chi connectivity index (χ1n) is 1.83. The van der Waals surface area contributed by atoms with Gasteiger partial charge in [0.05, 0.1) is 0 Å².